The van der Waals surface area contributed by atoms with Crippen molar-refractivity contribution < 1.29 is 4.74 Å². The highest BCUT2D eigenvalue weighted by Gasteiger charge is 2.03. The van der Waals surface area contributed by atoms with Gasteiger partial charge < -0.3 is 15.0 Å². The minimum atomic E-state index is 0.211. The van der Waals surface area contributed by atoms with Crippen LogP contribution in [0.1, 0.15) is 20.8 Å². The van der Waals surface area contributed by atoms with Crippen LogP contribution in [0.25, 0.3) is 0 Å². The third kappa shape index (κ3) is 4.99. The average Bonchev–Trinajstić information content (AvgIpc) is 2.53. The molecule has 2 aromatic carbocycles. The van der Waals surface area contributed by atoms with Crippen LogP contribution in [0.3, 0.4) is 0 Å². The lowest BCUT2D eigenvalue weighted by molar-refractivity contribution is 0.242. The van der Waals surface area contributed by atoms with Crippen LogP contribution in [0, 0.1) is 0 Å². The Labute approximate surface area is 133 Å². The third-order valence-electron chi connectivity index (χ3n) is 3.44. The lowest BCUT2D eigenvalue weighted by Gasteiger charge is -2.23. The normalized spacial score (nSPS) is 10.5. The number of para-hydroxylation sites is 1. The molecule has 1 N–H and O–H groups in total. The Morgan fingerprint density at radius 1 is 1.00 bits per heavy atom. The van der Waals surface area contributed by atoms with Gasteiger partial charge in [-0.25, -0.2) is 0 Å². The molecule has 118 valence electrons. The molecule has 0 atom stereocenters. The Morgan fingerprint density at radius 2 is 1.68 bits per heavy atom. The number of benzene rings is 2. The molecule has 0 amide bonds. The molecule has 0 fully saturated rings. The molecule has 2 aromatic rings. The van der Waals surface area contributed by atoms with Gasteiger partial charge in [0.25, 0.3) is 0 Å². The molecular formula is C19H26N2O. The molecule has 3 heteroatoms. The third-order valence-corrected chi connectivity index (χ3v) is 3.44. The van der Waals surface area contributed by atoms with Gasteiger partial charge in [0.05, 0.1) is 6.10 Å². The highest BCUT2D eigenvalue weighted by Crippen LogP contribution is 2.17. The first-order valence-corrected chi connectivity index (χ1v) is 7.99. The molecule has 2 rings (SSSR count). The fourth-order valence-corrected chi connectivity index (χ4v) is 2.37. The quantitative estimate of drug-likeness (QED) is 0.781. The van der Waals surface area contributed by atoms with Gasteiger partial charge in [-0.15, -0.1) is 0 Å². The fraction of sp³-hybridized carbons (Fsp3) is 0.368. The standard InChI is InChI=1S/C19H26N2O/c1-4-21(18-8-6-5-7-9-18)15-14-20-17-10-12-19(13-11-17)22-16(2)3/h5-13,16,20H,4,14-15H2,1-3H3. The molecule has 0 heterocycles. The van der Waals surface area contributed by atoms with Gasteiger partial charge in [0, 0.05) is 31.0 Å². The summed E-state index contributed by atoms with van der Waals surface area (Å²) < 4.78 is 5.65. The van der Waals surface area contributed by atoms with E-state index in [1.54, 1.807) is 0 Å². The molecule has 0 unspecified atom stereocenters. The zero-order valence-corrected chi connectivity index (χ0v) is 13.8. The number of nitrogens with one attached hydrogen (secondary N) is 1. The van der Waals surface area contributed by atoms with E-state index in [1.165, 1.54) is 5.69 Å². The van der Waals surface area contributed by atoms with Crippen molar-refractivity contribution in [1.29, 1.82) is 0 Å². The van der Waals surface area contributed by atoms with Crippen LogP contribution in [0.5, 0.6) is 5.75 Å². The van der Waals surface area contributed by atoms with Gasteiger partial charge in [0.2, 0.25) is 0 Å². The second-order valence-electron chi connectivity index (χ2n) is 5.53. The van der Waals surface area contributed by atoms with Crippen molar-refractivity contribution in [2.45, 2.75) is 26.9 Å². The average molecular weight is 298 g/mol. The zero-order chi connectivity index (χ0) is 15.8. The Bertz CT molecular complexity index is 537. The summed E-state index contributed by atoms with van der Waals surface area (Å²) in [6, 6.07) is 18.7. The lowest BCUT2D eigenvalue weighted by atomic mass is 10.2. The maximum absolute atomic E-state index is 5.65. The molecule has 22 heavy (non-hydrogen) atoms. The van der Waals surface area contributed by atoms with Crippen molar-refractivity contribution >= 4 is 11.4 Å². The first kappa shape index (κ1) is 16.2. The Balaban J connectivity index is 1.82. The lowest BCUT2D eigenvalue weighted by Crippen LogP contribution is -2.28. The van der Waals surface area contributed by atoms with E-state index in [1.807, 2.05) is 26.0 Å². The van der Waals surface area contributed by atoms with Crippen molar-refractivity contribution in [3.05, 3.63) is 54.6 Å². The molecule has 3 nitrogen and oxygen atoms in total. The number of nitrogens with zero attached hydrogens (tertiary/aromatic N) is 1. The van der Waals surface area contributed by atoms with E-state index >= 15 is 0 Å². The van der Waals surface area contributed by atoms with E-state index in [2.05, 4.69) is 59.6 Å². The second kappa shape index (κ2) is 8.32. The van der Waals surface area contributed by atoms with Crippen LogP contribution >= 0.6 is 0 Å². The van der Waals surface area contributed by atoms with Gasteiger partial charge in [-0.3, -0.25) is 0 Å². The van der Waals surface area contributed by atoms with Crippen molar-refractivity contribution in [2.75, 3.05) is 29.9 Å². The summed E-state index contributed by atoms with van der Waals surface area (Å²) in [5, 5.41) is 3.46. The van der Waals surface area contributed by atoms with E-state index in [0.29, 0.717) is 0 Å². The zero-order valence-electron chi connectivity index (χ0n) is 13.8. The summed E-state index contributed by atoms with van der Waals surface area (Å²) in [5.74, 6) is 0.917. The van der Waals surface area contributed by atoms with Crippen LogP contribution in [-0.2, 0) is 0 Å². The molecule has 0 aliphatic rings. The number of ether oxygens (including phenoxy) is 1. The smallest absolute Gasteiger partial charge is 0.119 e. The Morgan fingerprint density at radius 3 is 2.27 bits per heavy atom. The molecule has 0 saturated heterocycles. The maximum Gasteiger partial charge on any atom is 0.119 e. The Kier molecular flexibility index (Phi) is 6.13. The first-order chi connectivity index (χ1) is 10.7. The first-order valence-electron chi connectivity index (χ1n) is 7.99. The number of likely N-dealkylation sites (N-methyl/N-ethyl adjacent to an activating group) is 1. The second-order valence-corrected chi connectivity index (χ2v) is 5.53. The molecule has 0 aromatic heterocycles. The largest absolute Gasteiger partial charge is 0.491 e. The van der Waals surface area contributed by atoms with Crippen LogP contribution in [0.15, 0.2) is 54.6 Å². The maximum atomic E-state index is 5.65. The van der Waals surface area contributed by atoms with Gasteiger partial charge in [-0.05, 0) is 57.2 Å². The van der Waals surface area contributed by atoms with Crippen LogP contribution < -0.4 is 15.0 Å². The van der Waals surface area contributed by atoms with Crippen molar-refractivity contribution in [3.63, 3.8) is 0 Å². The number of hydrogen-bond acceptors (Lipinski definition) is 3. The van der Waals surface area contributed by atoms with Crippen molar-refractivity contribution in [1.82, 2.24) is 0 Å². The summed E-state index contributed by atoms with van der Waals surface area (Å²) in [6.07, 6.45) is 0.211. The predicted molar refractivity (Wildman–Crippen MR) is 95.0 cm³/mol. The summed E-state index contributed by atoms with van der Waals surface area (Å²) in [5.41, 5.74) is 2.40. The van der Waals surface area contributed by atoms with E-state index in [4.69, 9.17) is 4.74 Å². The molecule has 0 saturated carbocycles. The minimum Gasteiger partial charge on any atom is -0.491 e. The van der Waals surface area contributed by atoms with Crippen LogP contribution in [-0.4, -0.2) is 25.7 Å². The van der Waals surface area contributed by atoms with Gasteiger partial charge in [0.1, 0.15) is 5.75 Å². The Hall–Kier alpha value is -2.16. The molecule has 0 bridgehead atoms. The van der Waals surface area contributed by atoms with Crippen molar-refractivity contribution in [2.24, 2.45) is 0 Å². The summed E-state index contributed by atoms with van der Waals surface area (Å²) in [7, 11) is 0. The predicted octanol–water partition coefficient (Wildman–Crippen LogP) is 4.41. The van der Waals surface area contributed by atoms with Gasteiger partial charge >= 0.3 is 0 Å². The fourth-order valence-electron chi connectivity index (χ4n) is 2.37. The molecule has 0 radical (unpaired) electrons. The highest BCUT2D eigenvalue weighted by molar-refractivity contribution is 5.48. The van der Waals surface area contributed by atoms with Crippen LogP contribution in [0.4, 0.5) is 11.4 Å². The van der Waals surface area contributed by atoms with E-state index in [-0.39, 0.29) is 6.10 Å². The monoisotopic (exact) mass is 298 g/mol. The summed E-state index contributed by atoms with van der Waals surface area (Å²) in [6.45, 7) is 9.15. The topological polar surface area (TPSA) is 24.5 Å². The van der Waals surface area contributed by atoms with Crippen LogP contribution in [0.2, 0.25) is 0 Å². The minimum absolute atomic E-state index is 0.211. The molecule has 0 aliphatic heterocycles. The molecule has 0 spiro atoms. The summed E-state index contributed by atoms with van der Waals surface area (Å²) >= 11 is 0. The van der Waals surface area contributed by atoms with E-state index in [0.717, 1.165) is 31.1 Å². The summed E-state index contributed by atoms with van der Waals surface area (Å²) in [4.78, 5) is 2.36. The number of rotatable bonds is 8. The SMILES string of the molecule is CCN(CCNc1ccc(OC(C)C)cc1)c1ccccc1. The molecule has 0 aliphatic carbocycles. The van der Waals surface area contributed by atoms with E-state index < -0.39 is 0 Å². The van der Waals surface area contributed by atoms with Gasteiger partial charge in [-0.1, -0.05) is 18.2 Å². The van der Waals surface area contributed by atoms with Gasteiger partial charge in [0.15, 0.2) is 0 Å². The highest BCUT2D eigenvalue weighted by atomic mass is 16.5. The molecular weight excluding hydrogens is 272 g/mol. The number of hydrogen-bond donors (Lipinski definition) is 1. The van der Waals surface area contributed by atoms with Crippen molar-refractivity contribution in [3.8, 4) is 5.75 Å². The van der Waals surface area contributed by atoms with Gasteiger partial charge in [-0.2, -0.15) is 0 Å². The van der Waals surface area contributed by atoms with E-state index in [9.17, 15) is 0 Å². The number of anilines is 2.